The first kappa shape index (κ1) is 18.4. The molecule has 7 heteroatoms. The van der Waals surface area contributed by atoms with Crippen LogP contribution in [0.2, 0.25) is 0 Å². The minimum absolute atomic E-state index is 0.00476. The highest BCUT2D eigenvalue weighted by atomic mass is 19.3. The summed E-state index contributed by atoms with van der Waals surface area (Å²) in [5, 5.41) is 1.07. The van der Waals surface area contributed by atoms with Gasteiger partial charge in [-0.3, -0.25) is 9.69 Å². The van der Waals surface area contributed by atoms with E-state index in [4.69, 9.17) is 4.74 Å². The van der Waals surface area contributed by atoms with Crippen molar-refractivity contribution in [3.8, 4) is 0 Å². The summed E-state index contributed by atoms with van der Waals surface area (Å²) in [5.74, 6) is -2.65. The second-order valence-corrected chi connectivity index (χ2v) is 7.64. The number of benzene rings is 1. The van der Waals surface area contributed by atoms with E-state index in [2.05, 4.69) is 4.98 Å². The number of hydrogen-bond donors (Lipinski definition) is 1. The maximum absolute atomic E-state index is 13.9. The monoisotopic (exact) mass is 377 g/mol. The third kappa shape index (κ3) is 3.71. The van der Waals surface area contributed by atoms with Crippen LogP contribution in [0.15, 0.2) is 30.5 Å². The van der Waals surface area contributed by atoms with E-state index in [9.17, 15) is 13.6 Å². The first-order valence-corrected chi connectivity index (χ1v) is 9.46. The number of ether oxygens (including phenoxy) is 1. The molecule has 1 N–H and O–H groups in total. The zero-order chi connectivity index (χ0) is 19.0. The van der Waals surface area contributed by atoms with Gasteiger partial charge in [0, 0.05) is 56.0 Å². The van der Waals surface area contributed by atoms with Crippen molar-refractivity contribution in [1.82, 2.24) is 14.8 Å². The SMILES string of the molecule is COC[C@@H]1CC(F)(F)CN1C1CCN(C(=O)c2ccc3cc[nH]c3c2)CC1. The largest absolute Gasteiger partial charge is 0.383 e. The van der Waals surface area contributed by atoms with E-state index < -0.39 is 5.92 Å². The number of fused-ring (bicyclic) bond motifs is 1. The van der Waals surface area contributed by atoms with Crippen LogP contribution in [0.5, 0.6) is 0 Å². The van der Waals surface area contributed by atoms with Crippen LogP contribution < -0.4 is 0 Å². The highest BCUT2D eigenvalue weighted by molar-refractivity contribution is 5.98. The number of aromatic amines is 1. The third-order valence-corrected chi connectivity index (χ3v) is 5.80. The molecule has 3 heterocycles. The molecule has 0 spiro atoms. The maximum Gasteiger partial charge on any atom is 0.262 e. The summed E-state index contributed by atoms with van der Waals surface area (Å²) in [6.45, 7) is 1.30. The predicted octanol–water partition coefficient (Wildman–Crippen LogP) is 3.13. The van der Waals surface area contributed by atoms with Crippen LogP contribution in [0.4, 0.5) is 8.78 Å². The number of methoxy groups -OCH3 is 1. The Bertz CT molecular complexity index is 814. The van der Waals surface area contributed by atoms with Crippen molar-refractivity contribution < 1.29 is 18.3 Å². The van der Waals surface area contributed by atoms with Gasteiger partial charge in [0.25, 0.3) is 11.8 Å². The summed E-state index contributed by atoms with van der Waals surface area (Å²) >= 11 is 0. The van der Waals surface area contributed by atoms with Gasteiger partial charge in [-0.05, 0) is 36.4 Å². The molecule has 1 aromatic carbocycles. The van der Waals surface area contributed by atoms with E-state index >= 15 is 0 Å². The summed E-state index contributed by atoms with van der Waals surface area (Å²) in [7, 11) is 1.55. The van der Waals surface area contributed by atoms with Crippen molar-refractivity contribution in [2.75, 3.05) is 33.4 Å². The molecule has 27 heavy (non-hydrogen) atoms. The van der Waals surface area contributed by atoms with Gasteiger partial charge < -0.3 is 14.6 Å². The standard InChI is InChI=1S/C20H25F2N3O2/c1-27-12-17-11-20(21,22)13-25(17)16-5-8-24(9-6-16)19(26)15-3-2-14-4-7-23-18(14)10-15/h2-4,7,10,16-17,23H,5-6,8-9,11-13H2,1H3/t17-/m0/s1. The van der Waals surface area contributed by atoms with E-state index in [1.165, 1.54) is 0 Å². The molecule has 4 rings (SSSR count). The van der Waals surface area contributed by atoms with Crippen LogP contribution in [-0.2, 0) is 4.74 Å². The number of likely N-dealkylation sites (tertiary alicyclic amines) is 2. The minimum Gasteiger partial charge on any atom is -0.383 e. The Kier molecular flexibility index (Phi) is 4.90. The molecule has 1 amide bonds. The minimum atomic E-state index is -2.65. The number of alkyl halides is 2. The lowest BCUT2D eigenvalue weighted by atomic mass is 10.0. The number of nitrogens with one attached hydrogen (secondary N) is 1. The highest BCUT2D eigenvalue weighted by Gasteiger charge is 2.47. The van der Waals surface area contributed by atoms with Crippen molar-refractivity contribution in [2.45, 2.75) is 37.3 Å². The number of amides is 1. The lowest BCUT2D eigenvalue weighted by Crippen LogP contribution is -2.49. The van der Waals surface area contributed by atoms with E-state index in [1.54, 1.807) is 7.11 Å². The number of carbonyl (C=O) groups is 1. The van der Waals surface area contributed by atoms with E-state index in [0.29, 0.717) is 38.1 Å². The predicted molar refractivity (Wildman–Crippen MR) is 99.2 cm³/mol. The smallest absolute Gasteiger partial charge is 0.262 e. The summed E-state index contributed by atoms with van der Waals surface area (Å²) in [5.41, 5.74) is 1.60. The molecule has 1 atom stereocenters. The number of H-pyrrole nitrogens is 1. The fraction of sp³-hybridized carbons (Fsp3) is 0.550. The molecule has 2 fully saturated rings. The fourth-order valence-electron chi connectivity index (χ4n) is 4.46. The second-order valence-electron chi connectivity index (χ2n) is 7.64. The number of rotatable bonds is 4. The van der Waals surface area contributed by atoms with Gasteiger partial charge in [0.2, 0.25) is 0 Å². The van der Waals surface area contributed by atoms with Gasteiger partial charge in [-0.15, -0.1) is 0 Å². The van der Waals surface area contributed by atoms with E-state index in [1.807, 2.05) is 40.3 Å². The van der Waals surface area contributed by atoms with E-state index in [0.717, 1.165) is 10.9 Å². The number of nitrogens with zero attached hydrogens (tertiary/aromatic N) is 2. The number of halogens is 2. The lowest BCUT2D eigenvalue weighted by molar-refractivity contribution is 0.00285. The quantitative estimate of drug-likeness (QED) is 0.891. The van der Waals surface area contributed by atoms with Gasteiger partial charge in [0.15, 0.2) is 0 Å². The maximum atomic E-state index is 13.9. The summed E-state index contributed by atoms with van der Waals surface area (Å²) in [6.07, 6.45) is 3.14. The number of carbonyl (C=O) groups excluding carboxylic acids is 1. The third-order valence-electron chi connectivity index (χ3n) is 5.80. The molecule has 2 aliphatic rings. The number of hydrogen-bond acceptors (Lipinski definition) is 3. The second kappa shape index (κ2) is 7.20. The molecule has 2 aromatic rings. The van der Waals surface area contributed by atoms with Gasteiger partial charge in [-0.2, -0.15) is 0 Å². The highest BCUT2D eigenvalue weighted by Crippen LogP contribution is 2.35. The van der Waals surface area contributed by atoms with Crippen molar-refractivity contribution >= 4 is 16.8 Å². The molecule has 0 bridgehead atoms. The fourth-order valence-corrected chi connectivity index (χ4v) is 4.46. The molecule has 0 radical (unpaired) electrons. The van der Waals surface area contributed by atoms with Crippen LogP contribution in [0.1, 0.15) is 29.6 Å². The molecular weight excluding hydrogens is 352 g/mol. The summed E-state index contributed by atoms with van der Waals surface area (Å²) < 4.78 is 32.9. The van der Waals surface area contributed by atoms with Gasteiger partial charge in [-0.25, -0.2) is 8.78 Å². The first-order valence-electron chi connectivity index (χ1n) is 9.46. The summed E-state index contributed by atoms with van der Waals surface area (Å²) in [6, 6.07) is 7.46. The Morgan fingerprint density at radius 3 is 2.81 bits per heavy atom. The van der Waals surface area contributed by atoms with Crippen molar-refractivity contribution in [3.05, 3.63) is 36.0 Å². The normalized spacial score (nSPS) is 24.0. The average molecular weight is 377 g/mol. The molecular formula is C20H25F2N3O2. The van der Waals surface area contributed by atoms with Crippen LogP contribution in [0.25, 0.3) is 10.9 Å². The Morgan fingerprint density at radius 1 is 1.30 bits per heavy atom. The van der Waals surface area contributed by atoms with Gasteiger partial charge >= 0.3 is 0 Å². The lowest BCUT2D eigenvalue weighted by Gasteiger charge is -2.39. The van der Waals surface area contributed by atoms with Crippen LogP contribution in [-0.4, -0.2) is 72.0 Å². The van der Waals surface area contributed by atoms with E-state index in [-0.39, 0.29) is 31.0 Å². The molecule has 5 nitrogen and oxygen atoms in total. The van der Waals surface area contributed by atoms with Crippen LogP contribution in [0, 0.1) is 0 Å². The topological polar surface area (TPSA) is 48.6 Å². The number of piperidine rings is 1. The van der Waals surface area contributed by atoms with Crippen molar-refractivity contribution in [1.29, 1.82) is 0 Å². The molecule has 2 aliphatic heterocycles. The molecule has 1 aromatic heterocycles. The Labute approximate surface area is 157 Å². The molecule has 0 aliphatic carbocycles. The average Bonchev–Trinajstić information content (AvgIpc) is 3.24. The zero-order valence-corrected chi connectivity index (χ0v) is 15.5. The Morgan fingerprint density at radius 2 is 2.07 bits per heavy atom. The van der Waals surface area contributed by atoms with Gasteiger partial charge in [-0.1, -0.05) is 6.07 Å². The van der Waals surface area contributed by atoms with Gasteiger partial charge in [0.05, 0.1) is 13.2 Å². The first-order chi connectivity index (χ1) is 13.0. The van der Waals surface area contributed by atoms with Crippen molar-refractivity contribution in [2.24, 2.45) is 0 Å². The zero-order valence-electron chi connectivity index (χ0n) is 15.5. The molecule has 0 saturated carbocycles. The molecule has 2 saturated heterocycles. The number of aromatic nitrogens is 1. The van der Waals surface area contributed by atoms with Crippen molar-refractivity contribution in [3.63, 3.8) is 0 Å². The summed E-state index contributed by atoms with van der Waals surface area (Å²) in [4.78, 5) is 19.7. The Balaban J connectivity index is 1.40. The van der Waals surface area contributed by atoms with Gasteiger partial charge in [0.1, 0.15) is 0 Å². The molecule has 146 valence electrons. The van der Waals surface area contributed by atoms with Crippen LogP contribution >= 0.6 is 0 Å². The molecule has 0 unspecified atom stereocenters. The van der Waals surface area contributed by atoms with Crippen LogP contribution in [0.3, 0.4) is 0 Å². The Hall–Kier alpha value is -1.99.